The van der Waals surface area contributed by atoms with E-state index in [9.17, 15) is 10.2 Å². The van der Waals surface area contributed by atoms with Gasteiger partial charge in [-0.1, -0.05) is 0 Å². The van der Waals surface area contributed by atoms with Crippen LogP contribution >= 0.6 is 23.2 Å². The predicted octanol–water partition coefficient (Wildman–Crippen LogP) is -2.73. The molecule has 0 aliphatic rings. The molecular formula is C8H18Cl3NO2. The zero-order chi connectivity index (χ0) is 10.5. The first kappa shape index (κ1) is 17.2. The van der Waals surface area contributed by atoms with Crippen LogP contribution in [0.2, 0.25) is 0 Å². The van der Waals surface area contributed by atoms with Crippen molar-refractivity contribution in [3.05, 3.63) is 0 Å². The summed E-state index contributed by atoms with van der Waals surface area (Å²) < 4.78 is 0.516. The van der Waals surface area contributed by atoms with Crippen molar-refractivity contribution in [3.8, 4) is 0 Å². The SMILES string of the molecule is C[N+](C)(CC(O)CCl)CC(O)CCl.[Cl-]. The zero-order valence-electron chi connectivity index (χ0n) is 8.46. The van der Waals surface area contributed by atoms with Gasteiger partial charge in [-0.05, 0) is 0 Å². The van der Waals surface area contributed by atoms with Gasteiger partial charge in [-0.25, -0.2) is 0 Å². The molecule has 3 nitrogen and oxygen atoms in total. The molecule has 0 amide bonds. The van der Waals surface area contributed by atoms with E-state index in [0.717, 1.165) is 0 Å². The Balaban J connectivity index is 0. The highest BCUT2D eigenvalue weighted by molar-refractivity contribution is 6.18. The number of likely N-dealkylation sites (N-methyl/N-ethyl adjacent to an activating group) is 1. The summed E-state index contributed by atoms with van der Waals surface area (Å²) in [6.07, 6.45) is -1.06. The minimum Gasteiger partial charge on any atom is -1.00 e. The fraction of sp³-hybridized carbons (Fsp3) is 1.00. The first-order valence-electron chi connectivity index (χ1n) is 4.21. The van der Waals surface area contributed by atoms with Gasteiger partial charge in [-0.2, -0.15) is 0 Å². The largest absolute Gasteiger partial charge is 1.00 e. The van der Waals surface area contributed by atoms with Crippen molar-refractivity contribution >= 4 is 23.2 Å². The van der Waals surface area contributed by atoms with Crippen LogP contribution in [-0.2, 0) is 0 Å². The number of aliphatic hydroxyl groups excluding tert-OH is 2. The maximum Gasteiger partial charge on any atom is 0.116 e. The van der Waals surface area contributed by atoms with Crippen LogP contribution in [-0.4, -0.2) is 65.8 Å². The highest BCUT2D eigenvalue weighted by Gasteiger charge is 2.23. The molecule has 2 atom stereocenters. The van der Waals surface area contributed by atoms with Crippen molar-refractivity contribution in [2.45, 2.75) is 12.2 Å². The van der Waals surface area contributed by atoms with Crippen molar-refractivity contribution in [3.63, 3.8) is 0 Å². The summed E-state index contributed by atoms with van der Waals surface area (Å²) in [5, 5.41) is 18.6. The van der Waals surface area contributed by atoms with Crippen molar-refractivity contribution < 1.29 is 27.1 Å². The average Bonchev–Trinajstić information content (AvgIpc) is 2.02. The van der Waals surface area contributed by atoms with E-state index >= 15 is 0 Å². The van der Waals surface area contributed by atoms with Crippen LogP contribution in [0.5, 0.6) is 0 Å². The molecule has 0 aliphatic carbocycles. The molecule has 0 radical (unpaired) electrons. The maximum atomic E-state index is 9.32. The first-order chi connectivity index (χ1) is 5.91. The second-order valence-electron chi connectivity index (χ2n) is 3.92. The molecule has 0 fully saturated rings. The van der Waals surface area contributed by atoms with E-state index in [-0.39, 0.29) is 24.2 Å². The van der Waals surface area contributed by atoms with Crippen LogP contribution in [0.4, 0.5) is 0 Å². The third-order valence-electron chi connectivity index (χ3n) is 1.77. The average molecular weight is 267 g/mol. The lowest BCUT2D eigenvalue weighted by Crippen LogP contribution is -3.00. The standard InChI is InChI=1S/C8H18Cl2NO2.ClH/c1-11(2,5-7(12)3-9)6-8(13)4-10;/h7-8,12-13H,3-6H2,1-2H3;1H/q+1;/p-1. The van der Waals surface area contributed by atoms with Crippen LogP contribution in [0.15, 0.2) is 0 Å². The van der Waals surface area contributed by atoms with Crippen LogP contribution in [0.1, 0.15) is 0 Å². The molecule has 88 valence electrons. The molecule has 2 N–H and O–H groups in total. The van der Waals surface area contributed by atoms with E-state index in [1.807, 2.05) is 14.1 Å². The number of halogens is 3. The van der Waals surface area contributed by atoms with Gasteiger partial charge in [-0.15, -0.1) is 23.2 Å². The summed E-state index contributed by atoms with van der Waals surface area (Å²) in [6, 6.07) is 0. The van der Waals surface area contributed by atoms with Gasteiger partial charge in [0, 0.05) is 0 Å². The lowest BCUT2D eigenvalue weighted by molar-refractivity contribution is -0.895. The number of quaternary nitrogens is 1. The minimum atomic E-state index is -0.529. The number of hydrogen-bond donors (Lipinski definition) is 2. The van der Waals surface area contributed by atoms with E-state index in [2.05, 4.69) is 0 Å². The van der Waals surface area contributed by atoms with Crippen molar-refractivity contribution in [2.75, 3.05) is 38.9 Å². The fourth-order valence-corrected chi connectivity index (χ4v) is 1.51. The number of alkyl halides is 2. The van der Waals surface area contributed by atoms with Gasteiger partial charge in [0.05, 0.1) is 25.9 Å². The number of hydrogen-bond acceptors (Lipinski definition) is 2. The van der Waals surface area contributed by atoms with E-state index in [0.29, 0.717) is 17.6 Å². The van der Waals surface area contributed by atoms with Gasteiger partial charge in [0.2, 0.25) is 0 Å². The smallest absolute Gasteiger partial charge is 0.116 e. The maximum absolute atomic E-state index is 9.32. The van der Waals surface area contributed by atoms with Gasteiger partial charge in [0.25, 0.3) is 0 Å². The topological polar surface area (TPSA) is 40.5 Å². The van der Waals surface area contributed by atoms with E-state index in [1.54, 1.807) is 0 Å². The quantitative estimate of drug-likeness (QED) is 0.405. The molecule has 0 aromatic rings. The molecule has 0 spiro atoms. The van der Waals surface area contributed by atoms with Crippen LogP contribution < -0.4 is 12.4 Å². The summed E-state index contributed by atoms with van der Waals surface area (Å²) >= 11 is 11.0. The molecule has 0 saturated carbocycles. The molecular weight excluding hydrogens is 248 g/mol. The molecule has 0 rings (SSSR count). The highest BCUT2D eigenvalue weighted by atomic mass is 35.5. The molecule has 0 bridgehead atoms. The highest BCUT2D eigenvalue weighted by Crippen LogP contribution is 2.04. The molecule has 2 unspecified atom stereocenters. The Morgan fingerprint density at radius 2 is 1.29 bits per heavy atom. The molecule has 0 aromatic carbocycles. The Labute approximate surface area is 102 Å². The van der Waals surface area contributed by atoms with Crippen molar-refractivity contribution in [1.82, 2.24) is 0 Å². The summed E-state index contributed by atoms with van der Waals surface area (Å²) in [6.45, 7) is 1.05. The number of rotatable bonds is 6. The van der Waals surface area contributed by atoms with Crippen LogP contribution in [0, 0.1) is 0 Å². The Morgan fingerprint density at radius 3 is 1.50 bits per heavy atom. The van der Waals surface area contributed by atoms with Crippen LogP contribution in [0.25, 0.3) is 0 Å². The molecule has 0 heterocycles. The second kappa shape index (κ2) is 7.97. The first-order valence-corrected chi connectivity index (χ1v) is 5.28. The molecule has 0 aromatic heterocycles. The Hall–Kier alpha value is 0.750. The monoisotopic (exact) mass is 265 g/mol. The normalized spacial score (nSPS) is 15.9. The van der Waals surface area contributed by atoms with Gasteiger partial charge in [0.1, 0.15) is 25.3 Å². The van der Waals surface area contributed by atoms with Gasteiger partial charge in [-0.3, -0.25) is 0 Å². The van der Waals surface area contributed by atoms with E-state index < -0.39 is 12.2 Å². The van der Waals surface area contributed by atoms with Crippen LogP contribution in [0.3, 0.4) is 0 Å². The van der Waals surface area contributed by atoms with Crippen molar-refractivity contribution in [1.29, 1.82) is 0 Å². The van der Waals surface area contributed by atoms with E-state index in [4.69, 9.17) is 23.2 Å². The lowest BCUT2D eigenvalue weighted by Gasteiger charge is -2.32. The third-order valence-corrected chi connectivity index (χ3v) is 2.48. The van der Waals surface area contributed by atoms with Gasteiger partial charge >= 0.3 is 0 Å². The second-order valence-corrected chi connectivity index (χ2v) is 4.53. The summed E-state index contributed by atoms with van der Waals surface area (Å²) in [4.78, 5) is 0. The summed E-state index contributed by atoms with van der Waals surface area (Å²) in [7, 11) is 3.84. The molecule has 0 saturated heterocycles. The fourth-order valence-electron chi connectivity index (χ4n) is 1.31. The summed E-state index contributed by atoms with van der Waals surface area (Å²) in [5.41, 5.74) is 0. The zero-order valence-corrected chi connectivity index (χ0v) is 10.7. The van der Waals surface area contributed by atoms with Crippen molar-refractivity contribution in [2.24, 2.45) is 0 Å². The Kier molecular flexibility index (Phi) is 9.76. The molecule has 0 aliphatic heterocycles. The molecule has 14 heavy (non-hydrogen) atoms. The minimum absolute atomic E-state index is 0. The number of aliphatic hydroxyl groups is 2. The summed E-state index contributed by atoms with van der Waals surface area (Å²) in [5.74, 6) is 0.442. The number of nitrogens with zero attached hydrogens (tertiary/aromatic N) is 1. The Bertz CT molecular complexity index is 133. The Morgan fingerprint density at radius 1 is 1.00 bits per heavy atom. The lowest BCUT2D eigenvalue weighted by atomic mass is 10.3. The van der Waals surface area contributed by atoms with E-state index in [1.165, 1.54) is 0 Å². The van der Waals surface area contributed by atoms with Gasteiger partial charge < -0.3 is 27.1 Å². The predicted molar refractivity (Wildman–Crippen MR) is 55.3 cm³/mol. The van der Waals surface area contributed by atoms with Gasteiger partial charge in [0.15, 0.2) is 0 Å². The molecule has 6 heteroatoms. The third kappa shape index (κ3) is 8.09.